The molecule has 3 atom stereocenters. The first-order chi connectivity index (χ1) is 12.3. The summed E-state index contributed by atoms with van der Waals surface area (Å²) in [7, 11) is 0. The topological polar surface area (TPSA) is 95.7 Å². The number of carbonyl (C=O) groups is 2. The summed E-state index contributed by atoms with van der Waals surface area (Å²) in [5, 5.41) is 11.0. The molecule has 1 aliphatic rings. The molecule has 0 heterocycles. The van der Waals surface area contributed by atoms with Crippen molar-refractivity contribution in [3.63, 3.8) is 0 Å². The number of carbonyl (C=O) groups excluding carboxylic acids is 2. The predicted molar refractivity (Wildman–Crippen MR) is 94.6 cm³/mol. The molecule has 3 unspecified atom stereocenters. The third-order valence-corrected chi connectivity index (χ3v) is 4.89. The molecule has 1 saturated carbocycles. The van der Waals surface area contributed by atoms with Crippen molar-refractivity contribution in [1.82, 2.24) is 0 Å². The summed E-state index contributed by atoms with van der Waals surface area (Å²) in [4.78, 5) is 34.5. The van der Waals surface area contributed by atoms with Crippen molar-refractivity contribution in [2.24, 2.45) is 17.8 Å². The van der Waals surface area contributed by atoms with E-state index in [1.54, 1.807) is 0 Å². The average Bonchev–Trinajstić information content (AvgIpc) is 2.59. The number of nitro groups is 1. The van der Waals surface area contributed by atoms with Gasteiger partial charge in [0.15, 0.2) is 6.61 Å². The maximum atomic E-state index is 12.1. The van der Waals surface area contributed by atoms with Gasteiger partial charge < -0.3 is 9.47 Å². The van der Waals surface area contributed by atoms with Gasteiger partial charge in [-0.3, -0.25) is 10.1 Å². The van der Waals surface area contributed by atoms with Crippen LogP contribution in [0.25, 0.3) is 0 Å². The number of rotatable bonds is 6. The van der Waals surface area contributed by atoms with Gasteiger partial charge in [0.2, 0.25) is 0 Å². The minimum atomic E-state index is -0.910. The van der Waals surface area contributed by atoms with Gasteiger partial charge in [0.1, 0.15) is 11.7 Å². The Balaban J connectivity index is 1.94. The van der Waals surface area contributed by atoms with Gasteiger partial charge in [0.05, 0.1) is 4.92 Å². The summed E-state index contributed by atoms with van der Waals surface area (Å²) in [6, 6.07) is 5.47. The van der Waals surface area contributed by atoms with Crippen molar-refractivity contribution >= 4 is 17.6 Å². The zero-order chi connectivity index (χ0) is 19.3. The predicted octanol–water partition coefficient (Wildman–Crippen LogP) is 3.76. The molecule has 1 aliphatic carbocycles. The number of hydrogen-bond acceptors (Lipinski definition) is 6. The molecule has 7 nitrogen and oxygen atoms in total. The summed E-state index contributed by atoms with van der Waals surface area (Å²) in [5.41, 5.74) is -0.538. The lowest BCUT2D eigenvalue weighted by molar-refractivity contribution is -0.385. The Morgan fingerprint density at radius 2 is 1.96 bits per heavy atom. The second-order valence-corrected chi connectivity index (χ2v) is 7.20. The molecule has 1 fully saturated rings. The second kappa shape index (κ2) is 8.78. The van der Waals surface area contributed by atoms with Crippen LogP contribution in [0.1, 0.15) is 50.4 Å². The number of nitrogens with zero attached hydrogens (tertiary/aromatic N) is 1. The third-order valence-electron chi connectivity index (χ3n) is 4.89. The molecule has 0 N–H and O–H groups in total. The fourth-order valence-electron chi connectivity index (χ4n) is 3.46. The Bertz CT molecular complexity index is 672. The lowest BCUT2D eigenvalue weighted by Gasteiger charge is -2.36. The van der Waals surface area contributed by atoms with Gasteiger partial charge in [0.25, 0.3) is 5.69 Å². The van der Waals surface area contributed by atoms with E-state index in [-0.39, 0.29) is 17.4 Å². The largest absolute Gasteiger partial charge is 0.460 e. The molecule has 0 aromatic heterocycles. The Morgan fingerprint density at radius 1 is 1.27 bits per heavy atom. The Hall–Kier alpha value is -2.44. The molecule has 7 heteroatoms. The van der Waals surface area contributed by atoms with Crippen LogP contribution in [0.3, 0.4) is 0 Å². The van der Waals surface area contributed by atoms with Crippen LogP contribution in [0.4, 0.5) is 5.69 Å². The first-order valence-corrected chi connectivity index (χ1v) is 8.89. The second-order valence-electron chi connectivity index (χ2n) is 7.20. The number of hydrogen-bond donors (Lipinski definition) is 0. The van der Waals surface area contributed by atoms with Crippen LogP contribution in [-0.2, 0) is 14.3 Å². The van der Waals surface area contributed by atoms with Gasteiger partial charge in [0, 0.05) is 6.07 Å². The Labute approximate surface area is 152 Å². The van der Waals surface area contributed by atoms with Gasteiger partial charge in [-0.25, -0.2) is 9.59 Å². The van der Waals surface area contributed by atoms with Crippen LogP contribution in [0.2, 0.25) is 0 Å². The van der Waals surface area contributed by atoms with Crippen molar-refractivity contribution in [2.45, 2.75) is 46.1 Å². The smallest absolute Gasteiger partial charge is 0.345 e. The van der Waals surface area contributed by atoms with Crippen LogP contribution in [0, 0.1) is 27.9 Å². The van der Waals surface area contributed by atoms with Crippen molar-refractivity contribution in [1.29, 1.82) is 0 Å². The molecule has 0 radical (unpaired) electrons. The highest BCUT2D eigenvalue weighted by molar-refractivity contribution is 5.94. The summed E-state index contributed by atoms with van der Waals surface area (Å²) in [6.45, 7) is 5.79. The first kappa shape index (κ1) is 19.9. The van der Waals surface area contributed by atoms with Crippen LogP contribution < -0.4 is 0 Å². The Morgan fingerprint density at radius 3 is 2.62 bits per heavy atom. The van der Waals surface area contributed by atoms with Crippen LogP contribution >= 0.6 is 0 Å². The van der Waals surface area contributed by atoms with Gasteiger partial charge in [-0.1, -0.05) is 39.3 Å². The molecule has 2 rings (SSSR count). The van der Waals surface area contributed by atoms with Crippen molar-refractivity contribution in [3.8, 4) is 0 Å². The summed E-state index contributed by atoms with van der Waals surface area (Å²) >= 11 is 0. The van der Waals surface area contributed by atoms with E-state index in [1.165, 1.54) is 24.3 Å². The number of benzene rings is 1. The number of nitro benzene ring substituents is 1. The summed E-state index contributed by atoms with van der Waals surface area (Å²) in [5.74, 6) is -0.360. The van der Waals surface area contributed by atoms with Gasteiger partial charge >= 0.3 is 11.9 Å². The molecule has 0 amide bonds. The fourth-order valence-corrected chi connectivity index (χ4v) is 3.46. The molecular formula is C19H25NO6. The quantitative estimate of drug-likeness (QED) is 0.434. The summed E-state index contributed by atoms with van der Waals surface area (Å²) in [6.07, 6.45) is 2.74. The summed E-state index contributed by atoms with van der Waals surface area (Å²) < 4.78 is 10.5. The van der Waals surface area contributed by atoms with E-state index in [1.807, 2.05) is 0 Å². The molecule has 0 bridgehead atoms. The van der Waals surface area contributed by atoms with Gasteiger partial charge in [-0.2, -0.15) is 0 Å². The fraction of sp³-hybridized carbons (Fsp3) is 0.579. The molecule has 1 aromatic carbocycles. The minimum absolute atomic E-state index is 0.184. The van der Waals surface area contributed by atoms with Crippen LogP contribution in [0.5, 0.6) is 0 Å². The standard InChI is InChI=1S/C19H25NO6/c1-12(2)14-9-8-13(3)10-17(14)26-18(21)11-25-19(22)15-6-4-5-7-16(15)20(23)24/h4-7,12-14,17H,8-11H2,1-3H3. The van der Waals surface area contributed by atoms with E-state index in [0.29, 0.717) is 17.8 Å². The molecule has 0 spiro atoms. The maximum Gasteiger partial charge on any atom is 0.345 e. The van der Waals surface area contributed by atoms with Gasteiger partial charge in [-0.05, 0) is 36.7 Å². The molecule has 142 valence electrons. The molecule has 0 aliphatic heterocycles. The molecular weight excluding hydrogens is 338 g/mol. The highest BCUT2D eigenvalue weighted by Gasteiger charge is 2.33. The third kappa shape index (κ3) is 5.03. The molecule has 1 aromatic rings. The molecule has 0 saturated heterocycles. The highest BCUT2D eigenvalue weighted by Crippen LogP contribution is 2.35. The van der Waals surface area contributed by atoms with Crippen LogP contribution in [-0.4, -0.2) is 29.6 Å². The minimum Gasteiger partial charge on any atom is -0.460 e. The normalized spacial score (nSPS) is 22.7. The van der Waals surface area contributed by atoms with E-state index in [9.17, 15) is 19.7 Å². The first-order valence-electron chi connectivity index (χ1n) is 8.89. The van der Waals surface area contributed by atoms with E-state index >= 15 is 0 Å². The average molecular weight is 363 g/mol. The zero-order valence-corrected chi connectivity index (χ0v) is 15.3. The van der Waals surface area contributed by atoms with E-state index < -0.39 is 23.5 Å². The van der Waals surface area contributed by atoms with E-state index in [2.05, 4.69) is 20.8 Å². The van der Waals surface area contributed by atoms with Crippen molar-refractivity contribution in [3.05, 3.63) is 39.9 Å². The highest BCUT2D eigenvalue weighted by atomic mass is 16.6. The van der Waals surface area contributed by atoms with E-state index in [0.717, 1.165) is 19.3 Å². The number of ether oxygens (including phenoxy) is 2. The van der Waals surface area contributed by atoms with Gasteiger partial charge in [-0.15, -0.1) is 0 Å². The molecule has 26 heavy (non-hydrogen) atoms. The Kier molecular flexibility index (Phi) is 6.71. The zero-order valence-electron chi connectivity index (χ0n) is 15.3. The van der Waals surface area contributed by atoms with E-state index in [4.69, 9.17) is 9.47 Å². The van der Waals surface area contributed by atoms with Crippen molar-refractivity contribution < 1.29 is 24.0 Å². The SMILES string of the molecule is CC1CCC(C(C)C)C(OC(=O)COC(=O)c2ccccc2[N+](=O)[O-])C1. The van der Waals surface area contributed by atoms with Crippen LogP contribution in [0.15, 0.2) is 24.3 Å². The monoisotopic (exact) mass is 363 g/mol. The van der Waals surface area contributed by atoms with Crippen molar-refractivity contribution in [2.75, 3.05) is 6.61 Å². The lowest BCUT2D eigenvalue weighted by Crippen LogP contribution is -2.36. The maximum absolute atomic E-state index is 12.1. The lowest BCUT2D eigenvalue weighted by atomic mass is 9.75. The number of esters is 2. The number of para-hydroxylation sites is 1.